The largest absolute Gasteiger partial charge is 0.318 e. The van der Waals surface area contributed by atoms with Crippen LogP contribution in [-0.2, 0) is 0 Å². The van der Waals surface area contributed by atoms with E-state index in [0.717, 1.165) is 11.8 Å². The van der Waals surface area contributed by atoms with Crippen LogP contribution < -0.4 is 5.73 Å². The Morgan fingerprint density at radius 1 is 1.05 bits per heavy atom. The minimum Gasteiger partial charge on any atom is -0.318 e. The Morgan fingerprint density at radius 3 is 2.55 bits per heavy atom. The third-order valence-corrected chi connectivity index (χ3v) is 3.84. The highest BCUT2D eigenvalue weighted by Crippen LogP contribution is 2.27. The van der Waals surface area contributed by atoms with Crippen molar-refractivity contribution < 1.29 is 4.39 Å². The molecule has 3 rings (SSSR count). The first kappa shape index (κ1) is 12.8. The molecule has 0 saturated carbocycles. The van der Waals surface area contributed by atoms with Crippen LogP contribution in [0.2, 0.25) is 0 Å². The first-order chi connectivity index (χ1) is 9.74. The third kappa shape index (κ3) is 2.56. The monoisotopic (exact) mass is 286 g/mol. The van der Waals surface area contributed by atoms with Crippen LogP contribution in [0.15, 0.2) is 48.7 Å². The zero-order valence-corrected chi connectivity index (χ0v) is 11.2. The smallest absolute Gasteiger partial charge is 0.166 e. The lowest BCUT2D eigenvalue weighted by Gasteiger charge is -2.06. The van der Waals surface area contributed by atoms with Gasteiger partial charge in [0.05, 0.1) is 12.2 Å². The quantitative estimate of drug-likeness (QED) is 0.804. The summed E-state index contributed by atoms with van der Waals surface area (Å²) in [7, 11) is 0. The fraction of sp³-hybridized carbons (Fsp3) is 0.0714. The van der Waals surface area contributed by atoms with E-state index in [1.54, 1.807) is 6.07 Å². The van der Waals surface area contributed by atoms with Crippen LogP contribution in [-0.4, -0.2) is 15.2 Å². The van der Waals surface area contributed by atoms with E-state index in [9.17, 15) is 4.39 Å². The summed E-state index contributed by atoms with van der Waals surface area (Å²) < 4.78 is 12.8. The normalized spacial score (nSPS) is 12.3. The number of halogens is 1. The number of aromatic nitrogens is 3. The van der Waals surface area contributed by atoms with Gasteiger partial charge in [0, 0.05) is 0 Å². The van der Waals surface area contributed by atoms with Gasteiger partial charge in [-0.25, -0.2) is 4.39 Å². The zero-order valence-electron chi connectivity index (χ0n) is 10.4. The molecule has 4 nitrogen and oxygen atoms in total. The topological polar surface area (TPSA) is 64.7 Å². The molecule has 100 valence electrons. The van der Waals surface area contributed by atoms with Gasteiger partial charge in [0.25, 0.3) is 0 Å². The van der Waals surface area contributed by atoms with Crippen molar-refractivity contribution in [3.05, 3.63) is 65.0 Å². The predicted octanol–water partition coefficient (Wildman–Crippen LogP) is 2.79. The van der Waals surface area contributed by atoms with Crippen LogP contribution >= 0.6 is 11.3 Å². The molecule has 0 radical (unpaired) electrons. The highest BCUT2D eigenvalue weighted by Gasteiger charge is 2.15. The third-order valence-electron chi connectivity index (χ3n) is 2.81. The maximum Gasteiger partial charge on any atom is 0.166 e. The Kier molecular flexibility index (Phi) is 3.49. The minimum atomic E-state index is -0.375. The second-order valence-electron chi connectivity index (χ2n) is 4.20. The molecule has 1 aromatic carbocycles. The maximum absolute atomic E-state index is 12.8. The van der Waals surface area contributed by atoms with Gasteiger partial charge in [-0.2, -0.15) is 0 Å². The molecule has 1 unspecified atom stereocenters. The van der Waals surface area contributed by atoms with E-state index >= 15 is 0 Å². The minimum absolute atomic E-state index is 0.317. The van der Waals surface area contributed by atoms with Crippen LogP contribution in [0, 0.1) is 5.82 Å². The van der Waals surface area contributed by atoms with E-state index in [-0.39, 0.29) is 11.9 Å². The van der Waals surface area contributed by atoms with E-state index in [2.05, 4.69) is 15.2 Å². The average Bonchev–Trinajstić information content (AvgIpc) is 2.98. The lowest BCUT2D eigenvalue weighted by Crippen LogP contribution is -2.11. The molecular weight excluding hydrogens is 275 g/mol. The van der Waals surface area contributed by atoms with Crippen molar-refractivity contribution in [2.24, 2.45) is 5.73 Å². The van der Waals surface area contributed by atoms with Gasteiger partial charge in [-0.15, -0.1) is 10.2 Å². The van der Waals surface area contributed by atoms with Gasteiger partial charge < -0.3 is 5.73 Å². The van der Waals surface area contributed by atoms with Crippen molar-refractivity contribution in [2.45, 2.75) is 6.04 Å². The van der Waals surface area contributed by atoms with Crippen molar-refractivity contribution in [1.82, 2.24) is 15.2 Å². The molecule has 20 heavy (non-hydrogen) atoms. The Morgan fingerprint density at radius 2 is 1.85 bits per heavy atom. The summed E-state index contributed by atoms with van der Waals surface area (Å²) in [5.41, 5.74) is 7.73. The molecule has 1 atom stereocenters. The van der Waals surface area contributed by atoms with Crippen LogP contribution in [0.3, 0.4) is 0 Å². The fourth-order valence-electron chi connectivity index (χ4n) is 1.77. The molecule has 2 heterocycles. The molecule has 0 fully saturated rings. The van der Waals surface area contributed by atoms with Gasteiger partial charge in [-0.1, -0.05) is 41.7 Å². The van der Waals surface area contributed by atoms with Gasteiger partial charge in [0.15, 0.2) is 5.01 Å². The maximum atomic E-state index is 12.8. The molecule has 0 aliphatic rings. The van der Waals surface area contributed by atoms with Crippen molar-refractivity contribution in [3.8, 4) is 10.7 Å². The molecule has 6 heteroatoms. The van der Waals surface area contributed by atoms with Gasteiger partial charge in [0.2, 0.25) is 0 Å². The fourth-order valence-corrected chi connectivity index (χ4v) is 2.62. The molecule has 0 bridgehead atoms. The molecule has 0 aliphatic heterocycles. The Hall–Kier alpha value is -2.18. The number of nitrogens with two attached hydrogens (primary N) is 1. The Bertz CT molecular complexity index is 697. The molecule has 0 spiro atoms. The lowest BCUT2D eigenvalue weighted by molar-refractivity contribution is 0.622. The summed E-state index contributed by atoms with van der Waals surface area (Å²) in [6.07, 6.45) is 1.16. The van der Waals surface area contributed by atoms with Crippen molar-refractivity contribution in [1.29, 1.82) is 0 Å². The highest BCUT2D eigenvalue weighted by atomic mass is 32.1. The number of pyridine rings is 1. The van der Waals surface area contributed by atoms with E-state index in [0.29, 0.717) is 15.7 Å². The summed E-state index contributed by atoms with van der Waals surface area (Å²) in [4.78, 5) is 3.99. The van der Waals surface area contributed by atoms with Crippen LogP contribution in [0.25, 0.3) is 10.7 Å². The number of hydrogen-bond donors (Lipinski definition) is 1. The number of benzene rings is 1. The first-order valence-electron chi connectivity index (χ1n) is 6.00. The van der Waals surface area contributed by atoms with Crippen molar-refractivity contribution in [3.63, 3.8) is 0 Å². The van der Waals surface area contributed by atoms with E-state index < -0.39 is 0 Å². The highest BCUT2D eigenvalue weighted by molar-refractivity contribution is 7.14. The lowest BCUT2D eigenvalue weighted by atomic mass is 10.1. The number of hydrogen-bond acceptors (Lipinski definition) is 5. The Balaban J connectivity index is 1.89. The first-order valence-corrected chi connectivity index (χ1v) is 6.81. The molecule has 0 amide bonds. The predicted molar refractivity (Wildman–Crippen MR) is 75.6 cm³/mol. The summed E-state index contributed by atoms with van der Waals surface area (Å²) in [6.45, 7) is 0. The van der Waals surface area contributed by atoms with Crippen molar-refractivity contribution >= 4 is 11.3 Å². The molecule has 2 N–H and O–H groups in total. The second-order valence-corrected chi connectivity index (χ2v) is 5.20. The molecule has 0 saturated heterocycles. The second kappa shape index (κ2) is 5.44. The van der Waals surface area contributed by atoms with E-state index in [4.69, 9.17) is 5.73 Å². The summed E-state index contributed by atoms with van der Waals surface area (Å²) in [5.74, 6) is -0.375. The summed E-state index contributed by atoms with van der Waals surface area (Å²) in [5, 5.41) is 9.50. The SMILES string of the molecule is NC(c1ccccc1)c1nnc(-c2ccc(F)cn2)s1. The molecule has 3 aromatic rings. The van der Waals surface area contributed by atoms with Crippen LogP contribution in [0.5, 0.6) is 0 Å². The number of rotatable bonds is 3. The van der Waals surface area contributed by atoms with Crippen LogP contribution in [0.1, 0.15) is 16.6 Å². The summed E-state index contributed by atoms with van der Waals surface area (Å²) >= 11 is 1.36. The Labute approximate surface area is 119 Å². The van der Waals surface area contributed by atoms with Gasteiger partial charge in [-0.05, 0) is 17.7 Å². The van der Waals surface area contributed by atoms with Crippen LogP contribution in [0.4, 0.5) is 4.39 Å². The summed E-state index contributed by atoms with van der Waals surface area (Å²) in [6, 6.07) is 12.3. The van der Waals surface area contributed by atoms with Gasteiger partial charge >= 0.3 is 0 Å². The zero-order chi connectivity index (χ0) is 13.9. The number of nitrogens with zero attached hydrogens (tertiary/aromatic N) is 3. The molecule has 0 aliphatic carbocycles. The average molecular weight is 286 g/mol. The van der Waals surface area contributed by atoms with Gasteiger partial charge in [0.1, 0.15) is 16.5 Å². The molecule has 2 aromatic heterocycles. The van der Waals surface area contributed by atoms with E-state index in [1.807, 2.05) is 30.3 Å². The van der Waals surface area contributed by atoms with E-state index in [1.165, 1.54) is 17.4 Å². The molecular formula is C14H11FN4S. The van der Waals surface area contributed by atoms with Gasteiger partial charge in [-0.3, -0.25) is 4.98 Å². The standard InChI is InChI=1S/C14H11FN4S/c15-10-6-7-11(17-8-10)13-18-19-14(20-13)12(16)9-4-2-1-3-5-9/h1-8,12H,16H2. The van der Waals surface area contributed by atoms with Crippen molar-refractivity contribution in [2.75, 3.05) is 0 Å².